The van der Waals surface area contributed by atoms with E-state index in [0.717, 1.165) is 22.6 Å². The van der Waals surface area contributed by atoms with Crippen LogP contribution in [-0.4, -0.2) is 0 Å². The van der Waals surface area contributed by atoms with Gasteiger partial charge in [0.15, 0.2) is 0 Å². The Morgan fingerprint density at radius 2 is 1.71 bits per heavy atom. The highest BCUT2D eigenvalue weighted by Crippen LogP contribution is 2.29. The predicted molar refractivity (Wildman–Crippen MR) is 73.2 cm³/mol. The molecule has 2 aromatic carbocycles. The molecule has 0 aliphatic carbocycles. The molecule has 1 unspecified atom stereocenters. The third-order valence-corrected chi connectivity index (χ3v) is 3.81. The molecule has 0 nitrogen and oxygen atoms in total. The first kappa shape index (κ1) is 12.6. The first-order valence-corrected chi connectivity index (χ1v) is 6.59. The van der Waals surface area contributed by atoms with Crippen molar-refractivity contribution in [2.24, 2.45) is 0 Å². The molecule has 1 atom stereocenters. The van der Waals surface area contributed by atoms with Crippen LogP contribution in [0.15, 0.2) is 48.5 Å². The summed E-state index contributed by atoms with van der Waals surface area (Å²) in [6.07, 6.45) is 0.783. The molecule has 2 rings (SSSR count). The summed E-state index contributed by atoms with van der Waals surface area (Å²) in [6.45, 7) is 0. The molecule has 0 aliphatic rings. The Kier molecular flexibility index (Phi) is 4.19. The minimum atomic E-state index is -0.216. The van der Waals surface area contributed by atoms with Gasteiger partial charge in [-0.3, -0.25) is 0 Å². The Morgan fingerprint density at radius 1 is 1.06 bits per heavy atom. The van der Waals surface area contributed by atoms with E-state index >= 15 is 0 Å². The first-order chi connectivity index (χ1) is 8.16. The molecule has 0 fully saturated rings. The Morgan fingerprint density at radius 3 is 2.35 bits per heavy atom. The third-order valence-electron chi connectivity index (χ3n) is 2.59. The normalized spacial score (nSPS) is 12.4. The molecule has 0 N–H and O–H groups in total. The van der Waals surface area contributed by atoms with Gasteiger partial charge in [-0.2, -0.15) is 0 Å². The molecule has 17 heavy (non-hydrogen) atoms. The minimum Gasteiger partial charge on any atom is -0.207 e. The second-order valence-corrected chi connectivity index (χ2v) is 5.33. The molecule has 2 aromatic rings. The summed E-state index contributed by atoms with van der Waals surface area (Å²) in [4.78, 5) is 0.142. The van der Waals surface area contributed by atoms with Gasteiger partial charge in [-0.25, -0.2) is 4.39 Å². The maximum absolute atomic E-state index is 12.8. The van der Waals surface area contributed by atoms with Crippen molar-refractivity contribution in [3.05, 3.63) is 70.5 Å². The van der Waals surface area contributed by atoms with Crippen molar-refractivity contribution in [1.29, 1.82) is 0 Å². The maximum atomic E-state index is 12.8. The fourth-order valence-corrected chi connectivity index (χ4v) is 2.51. The number of halogens is 3. The van der Waals surface area contributed by atoms with Crippen LogP contribution < -0.4 is 0 Å². The quantitative estimate of drug-likeness (QED) is 0.687. The Hall–Kier alpha value is -0.860. The number of alkyl halides is 1. The summed E-state index contributed by atoms with van der Waals surface area (Å²) in [5.74, 6) is -0.216. The van der Waals surface area contributed by atoms with Gasteiger partial charge >= 0.3 is 0 Å². The molecule has 0 saturated heterocycles. The fourth-order valence-electron chi connectivity index (χ4n) is 1.65. The molecule has 0 amide bonds. The van der Waals surface area contributed by atoms with Crippen molar-refractivity contribution in [2.45, 2.75) is 11.2 Å². The number of rotatable bonds is 3. The lowest BCUT2D eigenvalue weighted by atomic mass is 10.0. The summed E-state index contributed by atoms with van der Waals surface area (Å²) in [7, 11) is 0. The van der Waals surface area contributed by atoms with Gasteiger partial charge in [0, 0.05) is 9.85 Å². The van der Waals surface area contributed by atoms with E-state index in [-0.39, 0.29) is 10.6 Å². The van der Waals surface area contributed by atoms with E-state index in [1.165, 1.54) is 12.1 Å². The van der Waals surface area contributed by atoms with Gasteiger partial charge in [0.25, 0.3) is 0 Å². The summed E-state index contributed by atoms with van der Waals surface area (Å²) >= 11 is 9.70. The monoisotopic (exact) mass is 312 g/mol. The fraction of sp³-hybridized carbons (Fsp3) is 0.143. The number of hydrogen-bond donors (Lipinski definition) is 0. The molecule has 0 aromatic heterocycles. The molecule has 0 saturated carbocycles. The van der Waals surface area contributed by atoms with E-state index < -0.39 is 0 Å². The highest BCUT2D eigenvalue weighted by atomic mass is 79.9. The van der Waals surface area contributed by atoms with Crippen molar-refractivity contribution in [3.63, 3.8) is 0 Å². The molecule has 0 heterocycles. The van der Waals surface area contributed by atoms with Crippen LogP contribution in [0.4, 0.5) is 4.39 Å². The standard InChI is InChI=1S/C14H11BrClF/c15-13(10-5-7-12(17)8-6-10)9-11-3-1-2-4-14(11)16/h1-8,13H,9H2. The average Bonchev–Trinajstić information content (AvgIpc) is 2.33. The summed E-state index contributed by atoms with van der Waals surface area (Å²) < 4.78 is 12.8. The van der Waals surface area contributed by atoms with Crippen molar-refractivity contribution in [3.8, 4) is 0 Å². The Balaban J connectivity index is 2.14. The van der Waals surface area contributed by atoms with Gasteiger partial charge in [-0.1, -0.05) is 57.9 Å². The molecule has 0 spiro atoms. The Labute approximate surface area is 114 Å². The van der Waals surface area contributed by atoms with E-state index in [9.17, 15) is 4.39 Å². The van der Waals surface area contributed by atoms with Crippen LogP contribution in [0.5, 0.6) is 0 Å². The second kappa shape index (κ2) is 5.65. The molecular formula is C14H11BrClF. The zero-order valence-corrected chi connectivity index (χ0v) is 11.4. The van der Waals surface area contributed by atoms with Gasteiger partial charge in [-0.15, -0.1) is 0 Å². The summed E-state index contributed by atoms with van der Waals surface area (Å²) in [5, 5.41) is 0.763. The van der Waals surface area contributed by atoms with Crippen LogP contribution in [0.25, 0.3) is 0 Å². The van der Waals surface area contributed by atoms with E-state index in [1.807, 2.05) is 24.3 Å². The van der Waals surface area contributed by atoms with Gasteiger partial charge in [0.05, 0.1) is 0 Å². The van der Waals surface area contributed by atoms with Gasteiger partial charge in [0.1, 0.15) is 5.82 Å². The zero-order chi connectivity index (χ0) is 12.3. The third kappa shape index (κ3) is 3.30. The predicted octanol–water partition coefficient (Wildman–Crippen LogP) is 5.16. The SMILES string of the molecule is Fc1ccc(C(Br)Cc2ccccc2Cl)cc1. The van der Waals surface area contributed by atoms with Gasteiger partial charge < -0.3 is 0 Å². The maximum Gasteiger partial charge on any atom is 0.123 e. The average molecular weight is 314 g/mol. The first-order valence-electron chi connectivity index (χ1n) is 5.30. The molecule has 3 heteroatoms. The molecule has 0 bridgehead atoms. The van der Waals surface area contributed by atoms with Crippen LogP contribution in [0.1, 0.15) is 16.0 Å². The second-order valence-electron chi connectivity index (χ2n) is 3.81. The van der Waals surface area contributed by atoms with Crippen LogP contribution in [-0.2, 0) is 6.42 Å². The largest absolute Gasteiger partial charge is 0.207 e. The van der Waals surface area contributed by atoms with Crippen molar-refractivity contribution < 1.29 is 4.39 Å². The highest BCUT2D eigenvalue weighted by molar-refractivity contribution is 9.09. The molecule has 88 valence electrons. The van der Waals surface area contributed by atoms with Crippen LogP contribution >= 0.6 is 27.5 Å². The Bertz CT molecular complexity index is 496. The lowest BCUT2D eigenvalue weighted by Crippen LogP contribution is -1.96. The van der Waals surface area contributed by atoms with Crippen LogP contribution in [0, 0.1) is 5.82 Å². The van der Waals surface area contributed by atoms with E-state index in [4.69, 9.17) is 11.6 Å². The van der Waals surface area contributed by atoms with Crippen molar-refractivity contribution in [2.75, 3.05) is 0 Å². The van der Waals surface area contributed by atoms with Crippen molar-refractivity contribution >= 4 is 27.5 Å². The van der Waals surface area contributed by atoms with Gasteiger partial charge in [0.2, 0.25) is 0 Å². The van der Waals surface area contributed by atoms with Crippen molar-refractivity contribution in [1.82, 2.24) is 0 Å². The van der Waals surface area contributed by atoms with E-state index in [1.54, 1.807) is 12.1 Å². The van der Waals surface area contributed by atoms with Gasteiger partial charge in [-0.05, 0) is 35.7 Å². The molecule has 0 aliphatic heterocycles. The topological polar surface area (TPSA) is 0 Å². The highest BCUT2D eigenvalue weighted by Gasteiger charge is 2.10. The summed E-state index contributed by atoms with van der Waals surface area (Å²) in [6, 6.07) is 14.3. The van der Waals surface area contributed by atoms with Crippen LogP contribution in [0.3, 0.4) is 0 Å². The minimum absolute atomic E-state index is 0.142. The molecule has 0 radical (unpaired) electrons. The lowest BCUT2D eigenvalue weighted by molar-refractivity contribution is 0.627. The lowest BCUT2D eigenvalue weighted by Gasteiger charge is -2.11. The zero-order valence-electron chi connectivity index (χ0n) is 9.04. The number of hydrogen-bond acceptors (Lipinski definition) is 0. The smallest absolute Gasteiger partial charge is 0.123 e. The number of benzene rings is 2. The van der Waals surface area contributed by atoms with E-state index in [0.29, 0.717) is 0 Å². The molecular weight excluding hydrogens is 303 g/mol. The summed E-state index contributed by atoms with van der Waals surface area (Å²) in [5.41, 5.74) is 2.13. The van der Waals surface area contributed by atoms with Crippen LogP contribution in [0.2, 0.25) is 5.02 Å². The van der Waals surface area contributed by atoms with E-state index in [2.05, 4.69) is 15.9 Å².